The van der Waals surface area contributed by atoms with Crippen LogP contribution >= 0.6 is 0 Å². The summed E-state index contributed by atoms with van der Waals surface area (Å²) in [6.07, 6.45) is 6.62. The number of pyridine rings is 1. The van der Waals surface area contributed by atoms with E-state index in [1.54, 1.807) is 18.6 Å². The van der Waals surface area contributed by atoms with Crippen molar-refractivity contribution in [3.63, 3.8) is 0 Å². The van der Waals surface area contributed by atoms with Gasteiger partial charge in [0.2, 0.25) is 5.91 Å². The molecule has 0 aliphatic carbocycles. The third-order valence-corrected chi connectivity index (χ3v) is 4.55. The van der Waals surface area contributed by atoms with E-state index >= 15 is 0 Å². The molecule has 1 aliphatic heterocycles. The lowest BCUT2D eigenvalue weighted by Gasteiger charge is -2.19. The Kier molecular flexibility index (Phi) is 4.43. The first-order chi connectivity index (χ1) is 11.1. The molecule has 1 aliphatic rings. The summed E-state index contributed by atoms with van der Waals surface area (Å²) in [5, 5.41) is 7.31. The number of ether oxygens (including phenoxy) is 1. The fraction of sp³-hybridized carbons (Fsp3) is 0.471. The number of hydrogen-bond acceptors (Lipinski definition) is 4. The van der Waals surface area contributed by atoms with Crippen LogP contribution in [0.4, 0.5) is 5.69 Å². The molecule has 1 fully saturated rings. The summed E-state index contributed by atoms with van der Waals surface area (Å²) in [6, 6.07) is 1.84. The summed E-state index contributed by atoms with van der Waals surface area (Å²) in [5.74, 6) is -0.201. The second-order valence-corrected chi connectivity index (χ2v) is 5.87. The summed E-state index contributed by atoms with van der Waals surface area (Å²) >= 11 is 0. The molecular weight excluding hydrogens is 292 g/mol. The zero-order valence-electron chi connectivity index (χ0n) is 13.7. The second kappa shape index (κ2) is 6.50. The minimum absolute atomic E-state index is 0.00310. The second-order valence-electron chi connectivity index (χ2n) is 5.87. The Morgan fingerprint density at radius 3 is 3.00 bits per heavy atom. The first-order valence-electron chi connectivity index (χ1n) is 7.95. The van der Waals surface area contributed by atoms with Gasteiger partial charge in [-0.25, -0.2) is 0 Å². The third kappa shape index (κ3) is 2.99. The fourth-order valence-electron chi connectivity index (χ4n) is 3.02. The van der Waals surface area contributed by atoms with Gasteiger partial charge in [-0.15, -0.1) is 0 Å². The van der Waals surface area contributed by atoms with Crippen molar-refractivity contribution in [2.45, 2.75) is 32.8 Å². The maximum absolute atomic E-state index is 12.7. The minimum Gasteiger partial charge on any atom is -0.373 e. The van der Waals surface area contributed by atoms with Crippen LogP contribution in [-0.2, 0) is 23.0 Å². The van der Waals surface area contributed by atoms with Gasteiger partial charge < -0.3 is 10.1 Å². The average Bonchev–Trinajstić information content (AvgIpc) is 3.15. The Hall–Kier alpha value is -2.21. The summed E-state index contributed by atoms with van der Waals surface area (Å²) < 4.78 is 7.64. The Morgan fingerprint density at radius 2 is 2.30 bits per heavy atom. The van der Waals surface area contributed by atoms with Gasteiger partial charge in [0.1, 0.15) is 0 Å². The summed E-state index contributed by atoms with van der Waals surface area (Å²) in [6.45, 7) is 4.64. The molecule has 122 valence electrons. The van der Waals surface area contributed by atoms with Gasteiger partial charge in [-0.1, -0.05) is 6.92 Å². The van der Waals surface area contributed by atoms with Crippen molar-refractivity contribution in [1.82, 2.24) is 14.8 Å². The number of nitrogens with zero attached hydrogens (tertiary/aromatic N) is 3. The van der Waals surface area contributed by atoms with Crippen LogP contribution in [0.5, 0.6) is 0 Å². The lowest BCUT2D eigenvalue weighted by Crippen LogP contribution is -2.26. The number of aryl methyl sites for hydroxylation is 2. The van der Waals surface area contributed by atoms with E-state index in [1.165, 1.54) is 0 Å². The number of rotatable bonds is 4. The molecule has 0 spiro atoms. The van der Waals surface area contributed by atoms with E-state index in [0.717, 1.165) is 35.3 Å². The summed E-state index contributed by atoms with van der Waals surface area (Å²) in [7, 11) is 1.90. The molecule has 2 aromatic heterocycles. The topological polar surface area (TPSA) is 69.0 Å². The van der Waals surface area contributed by atoms with Crippen LogP contribution in [-0.4, -0.2) is 27.3 Å². The number of amides is 1. The highest BCUT2D eigenvalue weighted by atomic mass is 16.5. The molecular formula is C17H22N4O2. The third-order valence-electron chi connectivity index (χ3n) is 4.55. The molecule has 1 saturated heterocycles. The zero-order valence-corrected chi connectivity index (χ0v) is 13.7. The lowest BCUT2D eigenvalue weighted by atomic mass is 9.94. The molecule has 3 rings (SSSR count). The van der Waals surface area contributed by atoms with Crippen molar-refractivity contribution in [3.8, 4) is 0 Å². The Balaban J connectivity index is 1.80. The number of hydrogen-bond donors (Lipinski definition) is 1. The van der Waals surface area contributed by atoms with Gasteiger partial charge in [-0.3, -0.25) is 14.5 Å². The number of anilines is 1. The smallest absolute Gasteiger partial charge is 0.230 e. The maximum Gasteiger partial charge on any atom is 0.230 e. The molecule has 1 amide bonds. The van der Waals surface area contributed by atoms with Gasteiger partial charge >= 0.3 is 0 Å². The van der Waals surface area contributed by atoms with E-state index in [2.05, 4.69) is 15.4 Å². The van der Waals surface area contributed by atoms with Gasteiger partial charge in [0.05, 0.1) is 18.2 Å². The van der Waals surface area contributed by atoms with Crippen LogP contribution in [0, 0.1) is 12.8 Å². The number of carbonyl (C=O) groups is 1. The van der Waals surface area contributed by atoms with E-state index in [9.17, 15) is 4.79 Å². The molecule has 0 unspecified atom stereocenters. The summed E-state index contributed by atoms with van der Waals surface area (Å²) in [5.41, 5.74) is 3.90. The zero-order chi connectivity index (χ0) is 16.4. The molecule has 0 radical (unpaired) electrons. The van der Waals surface area contributed by atoms with Crippen LogP contribution < -0.4 is 5.32 Å². The molecule has 2 aromatic rings. The van der Waals surface area contributed by atoms with Crippen LogP contribution in [0.2, 0.25) is 0 Å². The summed E-state index contributed by atoms with van der Waals surface area (Å²) in [4.78, 5) is 16.9. The predicted octanol–water partition coefficient (Wildman–Crippen LogP) is 2.40. The first kappa shape index (κ1) is 15.7. The quantitative estimate of drug-likeness (QED) is 0.941. The Morgan fingerprint density at radius 1 is 1.48 bits per heavy atom. The standard InChI is InChI=1S/C17H22N4O2/c1-4-12-9-18-7-5-15(12)20-17(22)13-6-8-23-16(13)14-10-19-21(3)11(14)2/h5,7,9-10,13,16H,4,6,8H2,1-3H3,(H,18,20,22)/t13-,16-/m0/s1. The van der Waals surface area contributed by atoms with E-state index < -0.39 is 0 Å². The van der Waals surface area contributed by atoms with Gasteiger partial charge in [-0.05, 0) is 31.4 Å². The molecule has 0 saturated carbocycles. The van der Waals surface area contributed by atoms with Gasteiger partial charge in [0.25, 0.3) is 0 Å². The minimum atomic E-state index is -0.226. The monoisotopic (exact) mass is 314 g/mol. The highest BCUT2D eigenvalue weighted by Crippen LogP contribution is 2.36. The Labute approximate surface area is 135 Å². The van der Waals surface area contributed by atoms with E-state index in [-0.39, 0.29) is 17.9 Å². The van der Waals surface area contributed by atoms with Crippen LogP contribution in [0.25, 0.3) is 0 Å². The van der Waals surface area contributed by atoms with Crippen molar-refractivity contribution in [2.24, 2.45) is 13.0 Å². The normalized spacial score (nSPS) is 20.7. The average molecular weight is 314 g/mol. The molecule has 0 bridgehead atoms. The number of carbonyl (C=O) groups excluding carboxylic acids is 1. The van der Waals surface area contributed by atoms with Crippen LogP contribution in [0.15, 0.2) is 24.7 Å². The van der Waals surface area contributed by atoms with Crippen molar-refractivity contribution in [3.05, 3.63) is 41.5 Å². The molecule has 6 heteroatoms. The number of nitrogens with one attached hydrogen (secondary N) is 1. The molecule has 6 nitrogen and oxygen atoms in total. The van der Waals surface area contributed by atoms with E-state index in [0.29, 0.717) is 6.61 Å². The molecule has 23 heavy (non-hydrogen) atoms. The largest absolute Gasteiger partial charge is 0.373 e. The first-order valence-corrected chi connectivity index (χ1v) is 7.95. The van der Waals surface area contributed by atoms with Crippen molar-refractivity contribution >= 4 is 11.6 Å². The molecule has 1 N–H and O–H groups in total. The van der Waals surface area contributed by atoms with Crippen molar-refractivity contribution in [2.75, 3.05) is 11.9 Å². The molecule has 2 atom stereocenters. The van der Waals surface area contributed by atoms with Gasteiger partial charge in [0, 0.05) is 43.0 Å². The van der Waals surface area contributed by atoms with Crippen LogP contribution in [0.3, 0.4) is 0 Å². The van der Waals surface area contributed by atoms with Crippen molar-refractivity contribution in [1.29, 1.82) is 0 Å². The van der Waals surface area contributed by atoms with E-state index in [4.69, 9.17) is 4.74 Å². The van der Waals surface area contributed by atoms with Gasteiger partial charge in [-0.2, -0.15) is 5.10 Å². The SMILES string of the molecule is CCc1cnccc1NC(=O)[C@H]1CCO[C@@H]1c1cnn(C)c1C. The van der Waals surface area contributed by atoms with E-state index in [1.807, 2.05) is 31.6 Å². The highest BCUT2D eigenvalue weighted by molar-refractivity contribution is 5.93. The lowest BCUT2D eigenvalue weighted by molar-refractivity contribution is -0.121. The fourth-order valence-corrected chi connectivity index (χ4v) is 3.02. The Bertz CT molecular complexity index is 710. The highest BCUT2D eigenvalue weighted by Gasteiger charge is 2.37. The van der Waals surface area contributed by atoms with Gasteiger partial charge in [0.15, 0.2) is 0 Å². The molecule has 0 aromatic carbocycles. The van der Waals surface area contributed by atoms with Crippen LogP contribution in [0.1, 0.15) is 36.3 Å². The number of aromatic nitrogens is 3. The van der Waals surface area contributed by atoms with Crippen molar-refractivity contribution < 1.29 is 9.53 Å². The molecule has 3 heterocycles. The predicted molar refractivity (Wildman–Crippen MR) is 87.0 cm³/mol. The maximum atomic E-state index is 12.7.